The molecule has 0 heterocycles. The topological polar surface area (TPSA) is 35.5 Å². The van der Waals surface area contributed by atoms with E-state index < -0.39 is 0 Å². The third kappa shape index (κ3) is 2.99. The lowest BCUT2D eigenvalue weighted by Crippen LogP contribution is -2.01. The second-order valence-corrected chi connectivity index (χ2v) is 3.47. The van der Waals surface area contributed by atoms with Gasteiger partial charge in [0.15, 0.2) is 17.3 Å². The van der Waals surface area contributed by atoms with E-state index in [9.17, 15) is 4.79 Å². The number of Topliss-reactive ketones (excluding diaryl/α,β-unsaturated/α-hetero) is 1. The Kier molecular flexibility index (Phi) is 4.83. The lowest BCUT2D eigenvalue weighted by Gasteiger charge is -2.10. The van der Waals surface area contributed by atoms with Crippen LogP contribution >= 0.6 is 0 Å². The molecule has 0 saturated heterocycles. The monoisotopic (exact) mass is 222 g/mol. The van der Waals surface area contributed by atoms with E-state index in [1.54, 1.807) is 25.3 Å². The van der Waals surface area contributed by atoms with Gasteiger partial charge in [0.25, 0.3) is 0 Å². The average Bonchev–Trinajstić information content (AvgIpc) is 2.30. The SMILES string of the molecule is CCCC(=O)c1ccc(OCC)c(OC)c1. The van der Waals surface area contributed by atoms with E-state index in [4.69, 9.17) is 9.47 Å². The highest BCUT2D eigenvalue weighted by Gasteiger charge is 2.09. The average molecular weight is 222 g/mol. The Morgan fingerprint density at radius 3 is 2.56 bits per heavy atom. The number of hydrogen-bond donors (Lipinski definition) is 0. The Bertz CT molecular complexity index is 358. The molecule has 1 aromatic rings. The summed E-state index contributed by atoms with van der Waals surface area (Å²) in [7, 11) is 1.58. The van der Waals surface area contributed by atoms with Crippen LogP contribution in [0.2, 0.25) is 0 Å². The summed E-state index contributed by atoms with van der Waals surface area (Å²) in [5.74, 6) is 1.44. The molecule has 1 aromatic carbocycles. The standard InChI is InChI=1S/C13H18O3/c1-4-6-11(14)10-7-8-12(16-5-2)13(9-10)15-3/h7-9H,4-6H2,1-3H3. The Morgan fingerprint density at radius 1 is 1.25 bits per heavy atom. The second kappa shape index (κ2) is 6.16. The van der Waals surface area contributed by atoms with Crippen LogP contribution in [0.1, 0.15) is 37.0 Å². The highest BCUT2D eigenvalue weighted by atomic mass is 16.5. The predicted molar refractivity (Wildman–Crippen MR) is 63.4 cm³/mol. The number of carbonyl (C=O) groups excluding carboxylic acids is 1. The van der Waals surface area contributed by atoms with Crippen molar-refractivity contribution < 1.29 is 14.3 Å². The van der Waals surface area contributed by atoms with E-state index in [2.05, 4.69) is 0 Å². The molecule has 0 aliphatic heterocycles. The Hall–Kier alpha value is -1.51. The van der Waals surface area contributed by atoms with E-state index in [0.717, 1.165) is 6.42 Å². The molecule has 0 radical (unpaired) electrons. The Morgan fingerprint density at radius 2 is 2.00 bits per heavy atom. The van der Waals surface area contributed by atoms with Gasteiger partial charge in [-0.25, -0.2) is 0 Å². The van der Waals surface area contributed by atoms with E-state index >= 15 is 0 Å². The van der Waals surface area contributed by atoms with E-state index in [1.165, 1.54) is 0 Å². The van der Waals surface area contributed by atoms with Gasteiger partial charge in [-0.1, -0.05) is 6.92 Å². The van der Waals surface area contributed by atoms with Gasteiger partial charge >= 0.3 is 0 Å². The van der Waals surface area contributed by atoms with Crippen molar-refractivity contribution in [2.45, 2.75) is 26.7 Å². The van der Waals surface area contributed by atoms with E-state index in [0.29, 0.717) is 30.1 Å². The Labute approximate surface area is 96.4 Å². The molecule has 88 valence electrons. The molecule has 0 unspecified atom stereocenters. The molecular formula is C13H18O3. The zero-order valence-corrected chi connectivity index (χ0v) is 10.1. The summed E-state index contributed by atoms with van der Waals surface area (Å²) in [5, 5.41) is 0. The van der Waals surface area contributed by atoms with Crippen molar-refractivity contribution >= 4 is 5.78 Å². The van der Waals surface area contributed by atoms with Crippen molar-refractivity contribution in [2.75, 3.05) is 13.7 Å². The maximum Gasteiger partial charge on any atom is 0.163 e. The summed E-state index contributed by atoms with van der Waals surface area (Å²) >= 11 is 0. The maximum absolute atomic E-state index is 11.7. The Balaban J connectivity index is 2.94. The minimum absolute atomic E-state index is 0.142. The van der Waals surface area contributed by atoms with Gasteiger partial charge in [0.1, 0.15) is 0 Å². The fourth-order valence-electron chi connectivity index (χ4n) is 1.49. The normalized spacial score (nSPS) is 9.94. The van der Waals surface area contributed by atoms with Crippen LogP contribution in [0.25, 0.3) is 0 Å². The van der Waals surface area contributed by atoms with Crippen LogP contribution in [-0.2, 0) is 0 Å². The summed E-state index contributed by atoms with van der Waals surface area (Å²) in [6, 6.07) is 5.31. The fraction of sp³-hybridized carbons (Fsp3) is 0.462. The third-order valence-corrected chi connectivity index (χ3v) is 2.26. The quantitative estimate of drug-likeness (QED) is 0.694. The number of benzene rings is 1. The van der Waals surface area contributed by atoms with Crippen molar-refractivity contribution in [3.63, 3.8) is 0 Å². The molecule has 3 nitrogen and oxygen atoms in total. The van der Waals surface area contributed by atoms with Gasteiger partial charge in [-0.2, -0.15) is 0 Å². The second-order valence-electron chi connectivity index (χ2n) is 3.47. The first-order chi connectivity index (χ1) is 7.72. The fourth-order valence-corrected chi connectivity index (χ4v) is 1.49. The van der Waals surface area contributed by atoms with E-state index in [-0.39, 0.29) is 5.78 Å². The molecule has 0 fully saturated rings. The summed E-state index contributed by atoms with van der Waals surface area (Å²) in [6.07, 6.45) is 1.42. The maximum atomic E-state index is 11.7. The molecule has 0 aliphatic carbocycles. The van der Waals surface area contributed by atoms with Gasteiger partial charge < -0.3 is 9.47 Å². The zero-order chi connectivity index (χ0) is 12.0. The van der Waals surface area contributed by atoms with Crippen molar-refractivity contribution in [1.82, 2.24) is 0 Å². The molecular weight excluding hydrogens is 204 g/mol. The van der Waals surface area contributed by atoms with Crippen LogP contribution in [0.3, 0.4) is 0 Å². The molecule has 0 N–H and O–H groups in total. The minimum atomic E-state index is 0.142. The van der Waals surface area contributed by atoms with Crippen molar-refractivity contribution in [3.05, 3.63) is 23.8 Å². The molecule has 0 aliphatic rings. The lowest BCUT2D eigenvalue weighted by molar-refractivity contribution is 0.0981. The summed E-state index contributed by atoms with van der Waals surface area (Å²) in [4.78, 5) is 11.7. The molecule has 1 rings (SSSR count). The van der Waals surface area contributed by atoms with Crippen molar-refractivity contribution in [1.29, 1.82) is 0 Å². The predicted octanol–water partition coefficient (Wildman–Crippen LogP) is 3.08. The highest BCUT2D eigenvalue weighted by molar-refractivity contribution is 5.96. The van der Waals surface area contributed by atoms with Gasteiger partial charge in [-0.15, -0.1) is 0 Å². The number of methoxy groups -OCH3 is 1. The molecule has 0 saturated carbocycles. The largest absolute Gasteiger partial charge is 0.493 e. The summed E-state index contributed by atoms with van der Waals surface area (Å²) < 4.78 is 10.6. The first-order valence-electron chi connectivity index (χ1n) is 5.57. The molecule has 0 atom stereocenters. The summed E-state index contributed by atoms with van der Waals surface area (Å²) in [5.41, 5.74) is 0.683. The van der Waals surface area contributed by atoms with Crippen LogP contribution in [-0.4, -0.2) is 19.5 Å². The molecule has 16 heavy (non-hydrogen) atoms. The number of hydrogen-bond acceptors (Lipinski definition) is 3. The van der Waals surface area contributed by atoms with Crippen molar-refractivity contribution in [3.8, 4) is 11.5 Å². The van der Waals surface area contributed by atoms with Crippen LogP contribution in [0.4, 0.5) is 0 Å². The van der Waals surface area contributed by atoms with Crippen molar-refractivity contribution in [2.24, 2.45) is 0 Å². The van der Waals surface area contributed by atoms with E-state index in [1.807, 2.05) is 13.8 Å². The lowest BCUT2D eigenvalue weighted by atomic mass is 10.1. The van der Waals surface area contributed by atoms with Gasteiger partial charge in [0.2, 0.25) is 0 Å². The number of ether oxygens (including phenoxy) is 2. The third-order valence-electron chi connectivity index (χ3n) is 2.26. The molecule has 0 spiro atoms. The summed E-state index contributed by atoms with van der Waals surface area (Å²) in [6.45, 7) is 4.48. The van der Waals surface area contributed by atoms with Crippen LogP contribution < -0.4 is 9.47 Å². The number of rotatable bonds is 6. The number of carbonyl (C=O) groups is 1. The zero-order valence-electron chi connectivity index (χ0n) is 10.1. The van der Waals surface area contributed by atoms with Gasteiger partial charge in [0.05, 0.1) is 13.7 Å². The van der Waals surface area contributed by atoms with Gasteiger partial charge in [-0.3, -0.25) is 4.79 Å². The minimum Gasteiger partial charge on any atom is -0.493 e. The van der Waals surface area contributed by atoms with Crippen LogP contribution in [0.15, 0.2) is 18.2 Å². The van der Waals surface area contributed by atoms with Gasteiger partial charge in [0, 0.05) is 12.0 Å². The first kappa shape index (κ1) is 12.6. The smallest absolute Gasteiger partial charge is 0.163 e. The highest BCUT2D eigenvalue weighted by Crippen LogP contribution is 2.28. The molecule has 0 amide bonds. The first-order valence-corrected chi connectivity index (χ1v) is 5.57. The van der Waals surface area contributed by atoms with Crippen LogP contribution in [0.5, 0.6) is 11.5 Å². The van der Waals surface area contributed by atoms with Gasteiger partial charge in [-0.05, 0) is 31.5 Å². The molecule has 0 aromatic heterocycles. The van der Waals surface area contributed by atoms with Crippen LogP contribution in [0, 0.1) is 0 Å². The number of ketones is 1. The molecule has 0 bridgehead atoms. The molecule has 3 heteroatoms.